The van der Waals surface area contributed by atoms with Crippen LogP contribution in [0, 0.1) is 0 Å². The van der Waals surface area contributed by atoms with Crippen LogP contribution in [0.2, 0.25) is 20.1 Å². The maximum Gasteiger partial charge on any atom is 0.238 e. The predicted octanol–water partition coefficient (Wildman–Crippen LogP) is 7.93. The van der Waals surface area contributed by atoms with Crippen molar-refractivity contribution in [1.29, 1.82) is 0 Å². The molecule has 0 radical (unpaired) electrons. The van der Waals surface area contributed by atoms with E-state index in [0.717, 1.165) is 44.5 Å². The largest absolute Gasteiger partial charge is 0.301 e. The zero-order valence-corrected chi connectivity index (χ0v) is 34.1. The number of hydrogen-bond donors (Lipinski definition) is 2. The molecule has 0 saturated carbocycles. The molecule has 0 fully saturated rings. The lowest BCUT2D eigenvalue weighted by atomic mass is 9.81. The van der Waals surface area contributed by atoms with Gasteiger partial charge in [0, 0.05) is 58.1 Å². The molecule has 0 aromatic heterocycles. The Morgan fingerprint density at radius 3 is 1.30 bits per heavy atom. The van der Waals surface area contributed by atoms with Gasteiger partial charge in [0.1, 0.15) is 0 Å². The average molecular weight is 845 g/mol. The topological polar surface area (TPSA) is 127 Å². The van der Waals surface area contributed by atoms with Gasteiger partial charge in [0.15, 0.2) is 0 Å². The van der Waals surface area contributed by atoms with Crippen LogP contribution in [0.1, 0.15) is 67.5 Å². The lowest BCUT2D eigenvalue weighted by molar-refractivity contribution is 0.294. The Morgan fingerprint density at radius 2 is 0.944 bits per heavy atom. The monoisotopic (exact) mass is 842 g/mol. The van der Waals surface area contributed by atoms with Gasteiger partial charge in [-0.25, -0.2) is 27.1 Å². The van der Waals surface area contributed by atoms with Gasteiger partial charge in [-0.15, -0.1) is 0 Å². The Bertz CT molecular complexity index is 2340. The summed E-state index contributed by atoms with van der Waals surface area (Å²) in [7, 11) is -4.18. The third-order valence-electron chi connectivity index (χ3n) is 10.5. The van der Waals surface area contributed by atoms with Gasteiger partial charge in [-0.1, -0.05) is 94.9 Å². The van der Waals surface area contributed by atoms with Crippen molar-refractivity contribution in [2.75, 3.05) is 27.2 Å². The Kier molecular flexibility index (Phi) is 11.0. The second-order valence-corrected chi connectivity index (χ2v) is 19.1. The summed E-state index contributed by atoms with van der Waals surface area (Å²) < 4.78 is 52.0. The van der Waals surface area contributed by atoms with Crippen molar-refractivity contribution in [3.05, 3.63) is 161 Å². The Balaban J connectivity index is 1.27. The van der Waals surface area contributed by atoms with Crippen molar-refractivity contribution in [1.82, 2.24) is 9.80 Å². The molecule has 0 saturated heterocycles. The van der Waals surface area contributed by atoms with E-state index < -0.39 is 20.0 Å². The van der Waals surface area contributed by atoms with E-state index >= 15 is 0 Å². The third kappa shape index (κ3) is 7.97. The van der Waals surface area contributed by atoms with Crippen molar-refractivity contribution in [2.24, 2.45) is 10.3 Å². The predicted molar refractivity (Wildman–Crippen MR) is 217 cm³/mol. The minimum Gasteiger partial charge on any atom is -0.301 e. The van der Waals surface area contributed by atoms with Gasteiger partial charge in [-0.2, -0.15) is 0 Å². The van der Waals surface area contributed by atoms with Crippen LogP contribution in [0.4, 0.5) is 0 Å². The molecular weight excluding hydrogens is 806 g/mol. The van der Waals surface area contributed by atoms with Crippen LogP contribution in [-0.2, 0) is 46.0 Å². The second-order valence-electron chi connectivity index (χ2n) is 14.3. The Hall–Kier alpha value is -3.00. The molecular formula is C40H38Cl4N4O4S2. The number of primary sulfonamides is 2. The van der Waals surface area contributed by atoms with Crippen molar-refractivity contribution in [3.63, 3.8) is 0 Å². The van der Waals surface area contributed by atoms with Crippen molar-refractivity contribution >= 4 is 66.5 Å². The fourth-order valence-corrected chi connectivity index (χ4v) is 10.9. The van der Waals surface area contributed by atoms with E-state index in [0.29, 0.717) is 57.4 Å². The number of hydrogen-bond acceptors (Lipinski definition) is 6. The Morgan fingerprint density at radius 1 is 0.574 bits per heavy atom. The molecule has 0 bridgehead atoms. The number of sulfonamides is 2. The number of rotatable bonds is 8. The van der Waals surface area contributed by atoms with E-state index in [4.69, 9.17) is 56.7 Å². The van der Waals surface area contributed by atoms with Crippen molar-refractivity contribution in [2.45, 2.75) is 47.6 Å². The molecule has 2 atom stereocenters. The molecule has 2 unspecified atom stereocenters. The van der Waals surface area contributed by atoms with Crippen LogP contribution in [0.5, 0.6) is 0 Å². The zero-order chi connectivity index (χ0) is 38.7. The molecule has 5 aromatic rings. The molecule has 282 valence electrons. The SMILES string of the molecule is CN1Cc2c(Cl)cc(Cl)cc2C(c2cccc(S(N)(=O)=O)c2Cc2ccc(Cc3c(C4CN(C)Cc5c(Cl)cc(Cl)cc54)cccc3S(N)(=O)=O)cc2)C1. The first-order valence-corrected chi connectivity index (χ1v) is 21.8. The molecule has 2 aliphatic heterocycles. The van der Waals surface area contributed by atoms with E-state index in [1.807, 2.05) is 62.6 Å². The minimum absolute atomic E-state index is 0.0524. The highest BCUT2D eigenvalue weighted by Crippen LogP contribution is 2.43. The van der Waals surface area contributed by atoms with Crippen LogP contribution in [0.15, 0.2) is 94.7 Å². The van der Waals surface area contributed by atoms with Gasteiger partial charge >= 0.3 is 0 Å². The van der Waals surface area contributed by atoms with Crippen LogP contribution >= 0.6 is 46.4 Å². The van der Waals surface area contributed by atoms with Crippen molar-refractivity contribution in [3.8, 4) is 0 Å². The summed E-state index contributed by atoms with van der Waals surface area (Å²) in [6.45, 7) is 2.51. The zero-order valence-electron chi connectivity index (χ0n) is 29.5. The van der Waals surface area contributed by atoms with Gasteiger partial charge in [0.25, 0.3) is 0 Å². The Labute approximate surface area is 336 Å². The summed E-state index contributed by atoms with van der Waals surface area (Å²) in [5, 5.41) is 13.8. The molecule has 0 spiro atoms. The fourth-order valence-electron chi connectivity index (χ4n) is 8.14. The first kappa shape index (κ1) is 39.2. The molecule has 7 rings (SSSR count). The molecule has 8 nitrogen and oxygen atoms in total. The summed E-state index contributed by atoms with van der Waals surface area (Å²) in [6, 6.07) is 25.3. The van der Waals surface area contributed by atoms with E-state index in [-0.39, 0.29) is 34.5 Å². The van der Waals surface area contributed by atoms with Crippen LogP contribution in [0.25, 0.3) is 0 Å². The first-order valence-electron chi connectivity index (χ1n) is 17.2. The summed E-state index contributed by atoms with van der Waals surface area (Å²) in [4.78, 5) is 4.40. The van der Waals surface area contributed by atoms with E-state index in [1.54, 1.807) is 24.3 Å². The maximum atomic E-state index is 13.0. The van der Waals surface area contributed by atoms with Gasteiger partial charge in [0.05, 0.1) is 9.79 Å². The number of likely N-dealkylation sites (N-methyl/N-ethyl adjacent to an activating group) is 2. The highest BCUT2D eigenvalue weighted by molar-refractivity contribution is 7.89. The van der Waals surface area contributed by atoms with Crippen LogP contribution < -0.4 is 10.3 Å². The van der Waals surface area contributed by atoms with Crippen LogP contribution in [0.3, 0.4) is 0 Å². The summed E-state index contributed by atoms with van der Waals surface area (Å²) in [5.74, 6) is -0.430. The molecule has 0 aliphatic carbocycles. The molecule has 14 heteroatoms. The molecule has 5 aromatic carbocycles. The van der Waals surface area contributed by atoms with Crippen LogP contribution in [-0.4, -0.2) is 53.8 Å². The van der Waals surface area contributed by atoms with E-state index in [1.165, 1.54) is 12.1 Å². The first-order chi connectivity index (χ1) is 25.5. The molecule has 54 heavy (non-hydrogen) atoms. The van der Waals surface area contributed by atoms with Gasteiger partial charge < -0.3 is 9.80 Å². The summed E-state index contributed by atoms with van der Waals surface area (Å²) in [5.41, 5.74) is 8.32. The lowest BCUT2D eigenvalue weighted by Gasteiger charge is -2.34. The minimum atomic E-state index is -4.09. The molecule has 2 heterocycles. The summed E-state index contributed by atoms with van der Waals surface area (Å²) >= 11 is 26.3. The number of nitrogens with two attached hydrogens (primary N) is 2. The quantitative estimate of drug-likeness (QED) is 0.164. The fraction of sp³-hybridized carbons (Fsp3) is 0.250. The normalized spacial score (nSPS) is 18.0. The number of benzene rings is 5. The maximum absolute atomic E-state index is 13.0. The third-order valence-corrected chi connectivity index (χ3v) is 13.6. The number of fused-ring (bicyclic) bond motifs is 2. The molecule has 0 amide bonds. The van der Waals surface area contributed by atoms with Gasteiger partial charge in [-0.05, 0) is 119 Å². The van der Waals surface area contributed by atoms with Gasteiger partial charge in [-0.3, -0.25) is 0 Å². The highest BCUT2D eigenvalue weighted by atomic mass is 35.5. The lowest BCUT2D eigenvalue weighted by Crippen LogP contribution is -2.32. The number of nitrogens with zero attached hydrogens (tertiary/aromatic N) is 2. The molecule has 2 aliphatic rings. The molecule has 4 N–H and O–H groups in total. The highest BCUT2D eigenvalue weighted by Gasteiger charge is 2.32. The van der Waals surface area contributed by atoms with E-state index in [9.17, 15) is 16.8 Å². The summed E-state index contributed by atoms with van der Waals surface area (Å²) in [6.07, 6.45) is 0.551. The van der Waals surface area contributed by atoms with Crippen molar-refractivity contribution < 1.29 is 16.8 Å². The standard InChI is InChI=1S/C40H38Cl4N4O4S2/c1-47-19-33(29-15-25(41)17-37(43)35(29)21-47)27-5-3-7-39(53(45,49)50)31(27)13-23-9-11-24(12-10-23)14-32-28(6-4-8-40(32)54(46,51)52)34-20-48(2)22-36-30(34)16-26(42)18-38(36)44/h3-12,15-18,33-34H,13-14,19-22H2,1-2H3,(H2,45,49,50)(H2,46,51,52). The second kappa shape index (κ2) is 15.2. The number of halogens is 4. The van der Waals surface area contributed by atoms with E-state index in [2.05, 4.69) is 9.80 Å². The smallest absolute Gasteiger partial charge is 0.238 e. The van der Waals surface area contributed by atoms with Gasteiger partial charge in [0.2, 0.25) is 20.0 Å². The average Bonchev–Trinajstić information content (AvgIpc) is 3.08.